The molecule has 5 rings (SSSR count). The van der Waals surface area contributed by atoms with E-state index in [1.54, 1.807) is 19.3 Å². The molecule has 9 unspecified atom stereocenters. The van der Waals surface area contributed by atoms with Crippen LogP contribution in [0.25, 0.3) is 0 Å². The number of hydrogen-bond acceptors (Lipinski definition) is 0. The molecule has 0 amide bonds. The number of rotatable bonds is 0. The van der Waals surface area contributed by atoms with Crippen molar-refractivity contribution in [2.75, 3.05) is 0 Å². The lowest BCUT2D eigenvalue weighted by atomic mass is 9.32. The second-order valence-electron chi connectivity index (χ2n) is 14.1. The van der Waals surface area contributed by atoms with Crippen molar-refractivity contribution >= 4 is 0 Å². The van der Waals surface area contributed by atoms with Crippen LogP contribution in [0.3, 0.4) is 0 Å². The molecule has 9 atom stereocenters. The largest absolute Gasteiger partial charge is 0.0620 e. The lowest BCUT2D eigenvalue weighted by Crippen LogP contribution is -2.65. The maximum absolute atomic E-state index is 2.80. The highest BCUT2D eigenvalue weighted by Crippen LogP contribution is 2.77. The fourth-order valence-electron chi connectivity index (χ4n) is 11.1. The predicted octanol–water partition coefficient (Wildman–Crippen LogP) is 8.50. The molecule has 5 saturated carbocycles. The lowest BCUT2D eigenvalue weighted by Gasteiger charge is -2.72. The van der Waals surface area contributed by atoms with Crippen molar-refractivity contribution in [2.45, 2.75) is 119 Å². The molecule has 0 aliphatic heterocycles. The molecule has 0 bridgehead atoms. The van der Waals surface area contributed by atoms with E-state index in [-0.39, 0.29) is 0 Å². The summed E-state index contributed by atoms with van der Waals surface area (Å²) < 4.78 is 0. The summed E-state index contributed by atoms with van der Waals surface area (Å²) in [5, 5.41) is 0. The summed E-state index contributed by atoms with van der Waals surface area (Å²) in [7, 11) is 0. The van der Waals surface area contributed by atoms with E-state index in [0.29, 0.717) is 27.1 Å². The van der Waals surface area contributed by atoms with E-state index in [9.17, 15) is 0 Å². The lowest BCUT2D eigenvalue weighted by molar-refractivity contribution is -0.238. The molecule has 0 nitrogen and oxygen atoms in total. The summed E-state index contributed by atoms with van der Waals surface area (Å²) in [6, 6.07) is 0. The van der Waals surface area contributed by atoms with Crippen LogP contribution < -0.4 is 0 Å². The van der Waals surface area contributed by atoms with Gasteiger partial charge in [0, 0.05) is 0 Å². The van der Waals surface area contributed by atoms with E-state index in [1.807, 2.05) is 0 Å². The van der Waals surface area contributed by atoms with Crippen molar-refractivity contribution in [2.24, 2.45) is 56.7 Å². The van der Waals surface area contributed by atoms with E-state index >= 15 is 0 Å². The van der Waals surface area contributed by atoms with Gasteiger partial charge in [0.25, 0.3) is 0 Å². The van der Waals surface area contributed by atoms with Crippen LogP contribution in [0.4, 0.5) is 0 Å². The summed E-state index contributed by atoms with van der Waals surface area (Å²) >= 11 is 0. The summed E-state index contributed by atoms with van der Waals surface area (Å²) in [5.74, 6) is 4.87. The third-order valence-corrected chi connectivity index (χ3v) is 13.3. The molecule has 5 aliphatic carbocycles. The predicted molar refractivity (Wildman–Crippen MR) is 120 cm³/mol. The van der Waals surface area contributed by atoms with Gasteiger partial charge in [-0.2, -0.15) is 0 Å². The Bertz CT molecular complexity index is 646. The summed E-state index contributed by atoms with van der Waals surface area (Å²) in [5.41, 5.74) is 3.00. The molecule has 0 heterocycles. The molecule has 0 N–H and O–H groups in total. The van der Waals surface area contributed by atoms with E-state index in [1.165, 1.54) is 51.4 Å². The zero-order chi connectivity index (χ0) is 20.2. The highest BCUT2D eigenvalue weighted by Gasteiger charge is 2.69. The summed E-state index contributed by atoms with van der Waals surface area (Å²) in [6.07, 6.45) is 16.7. The first-order valence-corrected chi connectivity index (χ1v) is 13.0. The van der Waals surface area contributed by atoms with Gasteiger partial charge in [-0.3, -0.25) is 0 Å². The maximum Gasteiger partial charge on any atom is -0.0235 e. The highest BCUT2D eigenvalue weighted by molar-refractivity contribution is 5.17. The molecule has 0 aromatic heterocycles. The van der Waals surface area contributed by atoms with Gasteiger partial charge < -0.3 is 0 Å². The van der Waals surface area contributed by atoms with Gasteiger partial charge >= 0.3 is 0 Å². The van der Waals surface area contributed by atoms with Gasteiger partial charge in [0.05, 0.1) is 0 Å². The molecule has 0 radical (unpaired) electrons. The smallest absolute Gasteiger partial charge is 0.0235 e. The van der Waals surface area contributed by atoms with Gasteiger partial charge in [-0.15, -0.1) is 0 Å². The molecule has 5 fully saturated rings. The molecule has 28 heavy (non-hydrogen) atoms. The third kappa shape index (κ3) is 2.20. The molecule has 0 saturated heterocycles. The fourth-order valence-corrected chi connectivity index (χ4v) is 11.1. The van der Waals surface area contributed by atoms with E-state index in [4.69, 9.17) is 0 Å². The van der Waals surface area contributed by atoms with E-state index in [0.717, 1.165) is 29.6 Å². The molecule has 0 aromatic rings. The zero-order valence-corrected chi connectivity index (χ0v) is 20.2. The zero-order valence-electron chi connectivity index (χ0n) is 20.2. The van der Waals surface area contributed by atoms with Gasteiger partial charge in [-0.1, -0.05) is 54.9 Å². The van der Waals surface area contributed by atoms with Crippen LogP contribution in [0.5, 0.6) is 0 Å². The molecule has 0 spiro atoms. The number of hydrogen-bond donors (Lipinski definition) is 0. The Hall–Kier alpha value is 0. The maximum atomic E-state index is 2.80. The minimum Gasteiger partial charge on any atom is -0.0620 e. The average Bonchev–Trinajstić information content (AvgIpc) is 3.01. The summed E-state index contributed by atoms with van der Waals surface area (Å²) in [4.78, 5) is 0. The van der Waals surface area contributed by atoms with Crippen LogP contribution in [0, 0.1) is 56.7 Å². The highest BCUT2D eigenvalue weighted by atomic mass is 14.7. The SMILES string of the molecule is CC1CCC2(C)C(CCC3(C)C2CCC2C4CCCC4(C)CCC23C)C1(C)C. The topological polar surface area (TPSA) is 0 Å². The Morgan fingerprint density at radius 2 is 1.32 bits per heavy atom. The van der Waals surface area contributed by atoms with Crippen molar-refractivity contribution in [1.29, 1.82) is 0 Å². The second kappa shape index (κ2) is 5.82. The van der Waals surface area contributed by atoms with Crippen molar-refractivity contribution in [1.82, 2.24) is 0 Å². The Morgan fingerprint density at radius 3 is 2.07 bits per heavy atom. The number of fused-ring (bicyclic) bond motifs is 7. The first-order valence-electron chi connectivity index (χ1n) is 13.0. The minimum atomic E-state index is 0.530. The van der Waals surface area contributed by atoms with Crippen molar-refractivity contribution in [3.05, 3.63) is 0 Å². The van der Waals surface area contributed by atoms with Gasteiger partial charge in [-0.25, -0.2) is 0 Å². The van der Waals surface area contributed by atoms with Crippen LogP contribution in [-0.2, 0) is 0 Å². The fraction of sp³-hybridized carbons (Fsp3) is 1.00. The van der Waals surface area contributed by atoms with Gasteiger partial charge in [0.1, 0.15) is 0 Å². The van der Waals surface area contributed by atoms with E-state index < -0.39 is 0 Å². The molecule has 160 valence electrons. The molecular weight excluding hydrogens is 336 g/mol. The first kappa shape index (κ1) is 19.9. The normalized spacial score (nSPS) is 60.3. The Morgan fingerprint density at radius 1 is 0.571 bits per heavy atom. The molecule has 5 aliphatic rings. The third-order valence-electron chi connectivity index (χ3n) is 13.3. The van der Waals surface area contributed by atoms with Crippen molar-refractivity contribution < 1.29 is 0 Å². The van der Waals surface area contributed by atoms with Crippen LogP contribution in [0.1, 0.15) is 119 Å². The monoisotopic (exact) mass is 384 g/mol. The average molecular weight is 385 g/mol. The van der Waals surface area contributed by atoms with Gasteiger partial charge in [0.15, 0.2) is 0 Å². The first-order chi connectivity index (χ1) is 13.0. The quantitative estimate of drug-likeness (QED) is 0.392. The van der Waals surface area contributed by atoms with Crippen LogP contribution in [-0.4, -0.2) is 0 Å². The molecular formula is C28H48. The van der Waals surface area contributed by atoms with Crippen molar-refractivity contribution in [3.8, 4) is 0 Å². The standard InChI is InChI=1S/C28H48/c1-19-12-15-26(5)22(24(19,2)3)13-16-28(7)23(26)11-10-21-20-9-8-14-25(20,4)17-18-27(21,28)6/h19-23H,8-18H2,1-7H3. The second-order valence-corrected chi connectivity index (χ2v) is 14.1. The van der Waals surface area contributed by atoms with E-state index in [2.05, 4.69) is 48.5 Å². The van der Waals surface area contributed by atoms with Crippen LogP contribution in [0.2, 0.25) is 0 Å². The van der Waals surface area contributed by atoms with Crippen LogP contribution in [0.15, 0.2) is 0 Å². The molecule has 0 heteroatoms. The van der Waals surface area contributed by atoms with Crippen molar-refractivity contribution in [3.63, 3.8) is 0 Å². The summed E-state index contributed by atoms with van der Waals surface area (Å²) in [6.45, 7) is 18.8. The molecule has 0 aromatic carbocycles. The minimum absolute atomic E-state index is 0.530. The Kier molecular flexibility index (Phi) is 4.14. The Labute approximate surface area is 176 Å². The van der Waals surface area contributed by atoms with Gasteiger partial charge in [0.2, 0.25) is 0 Å². The van der Waals surface area contributed by atoms with Gasteiger partial charge in [-0.05, 0) is 121 Å². The Balaban J connectivity index is 1.53. The van der Waals surface area contributed by atoms with Crippen LogP contribution >= 0.6 is 0 Å².